The number of piperidine rings is 3. The lowest BCUT2D eigenvalue weighted by molar-refractivity contribution is -0.00869. The average Bonchev–Trinajstić information content (AvgIpc) is 3.07. The van der Waals surface area contributed by atoms with E-state index in [4.69, 9.17) is 0 Å². The van der Waals surface area contributed by atoms with Crippen LogP contribution in [0.3, 0.4) is 0 Å². The van der Waals surface area contributed by atoms with Crippen molar-refractivity contribution in [3.8, 4) is 5.75 Å². The average molecular weight is 352 g/mol. The Balaban J connectivity index is 1.46. The minimum absolute atomic E-state index is 0.158. The molecule has 0 aliphatic carbocycles. The predicted octanol–water partition coefficient (Wildman–Crippen LogP) is 3.59. The lowest BCUT2D eigenvalue weighted by Gasteiger charge is -2.51. The molecule has 0 saturated carbocycles. The van der Waals surface area contributed by atoms with Crippen LogP contribution in [0.1, 0.15) is 29.9 Å². The van der Waals surface area contributed by atoms with E-state index in [-0.39, 0.29) is 5.82 Å². The summed E-state index contributed by atoms with van der Waals surface area (Å²) in [4.78, 5) is 5.32. The van der Waals surface area contributed by atoms with Crippen LogP contribution in [-0.4, -0.2) is 46.6 Å². The standard InChI is InChI=1S/C22H25FN2O/c23-18-5-3-16(4-6-18)20-14-25(13-15-1-7-19(26)8-2-15)21-17-9-11-24(12-10-17)22(20)21/h1-8,17,20-22,26H,9-14H2/t20-,21+,22+/m0/s1. The Morgan fingerprint density at radius 1 is 0.923 bits per heavy atom. The summed E-state index contributed by atoms with van der Waals surface area (Å²) < 4.78 is 13.4. The molecule has 3 nitrogen and oxygen atoms in total. The van der Waals surface area contributed by atoms with Gasteiger partial charge in [0, 0.05) is 31.1 Å². The molecule has 0 spiro atoms. The van der Waals surface area contributed by atoms with Gasteiger partial charge in [-0.05, 0) is 67.2 Å². The van der Waals surface area contributed by atoms with Crippen molar-refractivity contribution in [1.29, 1.82) is 0 Å². The van der Waals surface area contributed by atoms with Crippen molar-refractivity contribution in [2.75, 3.05) is 19.6 Å². The summed E-state index contributed by atoms with van der Waals surface area (Å²) in [5.74, 6) is 1.38. The summed E-state index contributed by atoms with van der Waals surface area (Å²) in [5.41, 5.74) is 2.51. The summed E-state index contributed by atoms with van der Waals surface area (Å²) in [7, 11) is 0. The van der Waals surface area contributed by atoms with Gasteiger partial charge in [0.25, 0.3) is 0 Å². The Kier molecular flexibility index (Phi) is 3.98. The molecule has 4 heterocycles. The molecule has 6 rings (SSSR count). The van der Waals surface area contributed by atoms with Crippen molar-refractivity contribution in [3.63, 3.8) is 0 Å². The normalized spacial score (nSPS) is 33.3. The number of benzene rings is 2. The Morgan fingerprint density at radius 3 is 2.31 bits per heavy atom. The van der Waals surface area contributed by atoms with Gasteiger partial charge in [-0.3, -0.25) is 9.80 Å². The van der Waals surface area contributed by atoms with Gasteiger partial charge in [0.15, 0.2) is 0 Å². The Hall–Kier alpha value is -1.91. The topological polar surface area (TPSA) is 26.7 Å². The van der Waals surface area contributed by atoms with Crippen LogP contribution in [0.15, 0.2) is 48.5 Å². The van der Waals surface area contributed by atoms with E-state index >= 15 is 0 Å². The van der Waals surface area contributed by atoms with Gasteiger partial charge >= 0.3 is 0 Å². The fourth-order valence-corrected chi connectivity index (χ4v) is 5.56. The maximum absolute atomic E-state index is 13.4. The zero-order valence-electron chi connectivity index (χ0n) is 14.9. The molecular formula is C22H25FN2O. The van der Waals surface area contributed by atoms with E-state index in [0.29, 0.717) is 23.8 Å². The largest absolute Gasteiger partial charge is 0.508 e. The summed E-state index contributed by atoms with van der Waals surface area (Å²) in [6.07, 6.45) is 2.59. The smallest absolute Gasteiger partial charge is 0.123 e. The van der Waals surface area contributed by atoms with E-state index in [1.807, 2.05) is 24.3 Å². The van der Waals surface area contributed by atoms with Gasteiger partial charge in [0.1, 0.15) is 11.6 Å². The number of halogens is 1. The van der Waals surface area contributed by atoms with Crippen LogP contribution in [-0.2, 0) is 6.54 Å². The molecule has 4 aliphatic rings. The van der Waals surface area contributed by atoms with Gasteiger partial charge in [0.05, 0.1) is 0 Å². The zero-order valence-corrected chi connectivity index (χ0v) is 14.9. The monoisotopic (exact) mass is 352 g/mol. The fourth-order valence-electron chi connectivity index (χ4n) is 5.56. The minimum Gasteiger partial charge on any atom is -0.508 e. The van der Waals surface area contributed by atoms with E-state index in [1.54, 1.807) is 24.3 Å². The molecule has 2 aromatic carbocycles. The molecule has 2 aromatic rings. The predicted molar refractivity (Wildman–Crippen MR) is 99.5 cm³/mol. The molecule has 0 aromatic heterocycles. The highest BCUT2D eigenvalue weighted by Gasteiger charge is 2.53. The third-order valence-corrected chi connectivity index (χ3v) is 6.71. The molecule has 4 heteroatoms. The summed E-state index contributed by atoms with van der Waals surface area (Å²) in [6, 6.07) is 15.9. The third-order valence-electron chi connectivity index (χ3n) is 6.71. The highest BCUT2D eigenvalue weighted by Crippen LogP contribution is 2.47. The lowest BCUT2D eigenvalue weighted by Crippen LogP contribution is -2.59. The minimum atomic E-state index is -0.158. The van der Waals surface area contributed by atoms with Gasteiger partial charge in [-0.25, -0.2) is 4.39 Å². The number of hydrogen-bond acceptors (Lipinski definition) is 3. The van der Waals surface area contributed by atoms with Crippen molar-refractivity contribution in [2.24, 2.45) is 5.92 Å². The van der Waals surface area contributed by atoms with Gasteiger partial charge < -0.3 is 5.11 Å². The van der Waals surface area contributed by atoms with Crippen LogP contribution < -0.4 is 0 Å². The quantitative estimate of drug-likeness (QED) is 0.914. The van der Waals surface area contributed by atoms with Crippen LogP contribution in [0.2, 0.25) is 0 Å². The SMILES string of the molecule is Oc1ccc(CN2C[C@@H](c3ccc(F)cc3)[C@@H]3[C@H]2C2CCN3CC2)cc1. The Bertz CT molecular complexity index is 768. The molecule has 2 bridgehead atoms. The van der Waals surface area contributed by atoms with Crippen LogP contribution >= 0.6 is 0 Å². The van der Waals surface area contributed by atoms with E-state index in [9.17, 15) is 9.50 Å². The second-order valence-corrected chi connectivity index (χ2v) is 8.11. The van der Waals surface area contributed by atoms with Gasteiger partial charge in [-0.1, -0.05) is 24.3 Å². The lowest BCUT2D eigenvalue weighted by atomic mass is 9.75. The molecule has 4 fully saturated rings. The second-order valence-electron chi connectivity index (χ2n) is 8.11. The molecule has 26 heavy (non-hydrogen) atoms. The first-order chi connectivity index (χ1) is 12.7. The molecule has 0 amide bonds. The molecular weight excluding hydrogens is 327 g/mol. The number of phenols is 1. The van der Waals surface area contributed by atoms with E-state index in [1.165, 1.54) is 37.1 Å². The van der Waals surface area contributed by atoms with Gasteiger partial charge in [-0.2, -0.15) is 0 Å². The van der Waals surface area contributed by atoms with Crippen LogP contribution in [0.4, 0.5) is 4.39 Å². The molecule has 4 aliphatic heterocycles. The molecule has 1 N–H and O–H groups in total. The van der Waals surface area contributed by atoms with Crippen LogP contribution in [0.25, 0.3) is 0 Å². The summed E-state index contributed by atoms with van der Waals surface area (Å²) in [6.45, 7) is 4.35. The van der Waals surface area contributed by atoms with E-state index in [0.717, 1.165) is 19.0 Å². The first-order valence-corrected chi connectivity index (χ1v) is 9.70. The van der Waals surface area contributed by atoms with Crippen LogP contribution in [0.5, 0.6) is 5.75 Å². The summed E-state index contributed by atoms with van der Waals surface area (Å²) >= 11 is 0. The summed E-state index contributed by atoms with van der Waals surface area (Å²) in [5, 5.41) is 9.55. The second kappa shape index (κ2) is 6.36. The van der Waals surface area contributed by atoms with E-state index in [2.05, 4.69) is 9.80 Å². The molecule has 0 radical (unpaired) electrons. The Morgan fingerprint density at radius 2 is 1.62 bits per heavy atom. The maximum atomic E-state index is 13.4. The zero-order chi connectivity index (χ0) is 17.7. The number of nitrogens with zero attached hydrogens (tertiary/aromatic N) is 2. The Labute approximate surface area is 154 Å². The molecule has 3 atom stereocenters. The van der Waals surface area contributed by atoms with Crippen molar-refractivity contribution < 1.29 is 9.50 Å². The van der Waals surface area contributed by atoms with Crippen molar-refractivity contribution in [3.05, 3.63) is 65.5 Å². The van der Waals surface area contributed by atoms with Crippen molar-refractivity contribution in [1.82, 2.24) is 9.80 Å². The number of hydrogen-bond donors (Lipinski definition) is 1. The van der Waals surface area contributed by atoms with Crippen LogP contribution in [0, 0.1) is 11.7 Å². The van der Waals surface area contributed by atoms with Gasteiger partial charge in [0.2, 0.25) is 0 Å². The maximum Gasteiger partial charge on any atom is 0.123 e. The first kappa shape index (κ1) is 16.3. The number of fused-ring (bicyclic) bond motifs is 2. The number of aromatic hydroxyl groups is 1. The number of likely N-dealkylation sites (tertiary alicyclic amines) is 1. The third kappa shape index (κ3) is 2.72. The molecule has 136 valence electrons. The number of phenolic OH excluding ortho intramolecular Hbond substituents is 1. The number of rotatable bonds is 3. The first-order valence-electron chi connectivity index (χ1n) is 9.70. The molecule has 0 unspecified atom stereocenters. The van der Waals surface area contributed by atoms with Crippen molar-refractivity contribution >= 4 is 0 Å². The highest BCUT2D eigenvalue weighted by atomic mass is 19.1. The van der Waals surface area contributed by atoms with E-state index < -0.39 is 0 Å². The van der Waals surface area contributed by atoms with Crippen molar-refractivity contribution in [2.45, 2.75) is 37.4 Å². The highest BCUT2D eigenvalue weighted by molar-refractivity contribution is 5.29. The molecule has 4 saturated heterocycles. The van der Waals surface area contributed by atoms with Gasteiger partial charge in [-0.15, -0.1) is 0 Å². The fraction of sp³-hybridized carbons (Fsp3) is 0.455.